The molecule has 0 aliphatic heterocycles. The van der Waals surface area contributed by atoms with Crippen LogP contribution in [-0.2, 0) is 9.57 Å². The third kappa shape index (κ3) is 5.69. The molecule has 5 nitrogen and oxygen atoms in total. The average molecular weight is 258 g/mol. The van der Waals surface area contributed by atoms with E-state index < -0.39 is 5.60 Å². The molecule has 2 unspecified atom stereocenters. The Kier molecular flexibility index (Phi) is 5.88. The van der Waals surface area contributed by atoms with E-state index in [2.05, 4.69) is 10.8 Å². The highest BCUT2D eigenvalue weighted by Crippen LogP contribution is 2.25. The lowest BCUT2D eigenvalue weighted by atomic mass is 10.0. The summed E-state index contributed by atoms with van der Waals surface area (Å²) >= 11 is 0. The number of nitrogens with one attached hydrogen (secondary N) is 2. The number of rotatable bonds is 5. The fourth-order valence-corrected chi connectivity index (χ4v) is 2.16. The molecule has 0 saturated heterocycles. The monoisotopic (exact) mass is 258 g/mol. The summed E-state index contributed by atoms with van der Waals surface area (Å²) in [7, 11) is 0. The third-order valence-electron chi connectivity index (χ3n) is 2.95. The molecule has 1 amide bonds. The molecule has 0 aromatic heterocycles. The van der Waals surface area contributed by atoms with Crippen molar-refractivity contribution in [2.75, 3.05) is 13.2 Å². The molecule has 0 heterocycles. The van der Waals surface area contributed by atoms with Crippen LogP contribution in [0.2, 0.25) is 0 Å². The Morgan fingerprint density at radius 1 is 1.33 bits per heavy atom. The largest absolute Gasteiger partial charge is 0.444 e. The molecule has 1 aliphatic rings. The van der Waals surface area contributed by atoms with Gasteiger partial charge in [0.2, 0.25) is 0 Å². The van der Waals surface area contributed by atoms with Crippen LogP contribution in [0.15, 0.2) is 0 Å². The molecule has 1 aliphatic carbocycles. The van der Waals surface area contributed by atoms with E-state index in [4.69, 9.17) is 9.57 Å². The van der Waals surface area contributed by atoms with Crippen molar-refractivity contribution in [3.63, 3.8) is 0 Å². The first-order chi connectivity index (χ1) is 8.42. The smallest absolute Gasteiger partial charge is 0.407 e. The highest BCUT2D eigenvalue weighted by molar-refractivity contribution is 5.67. The molecule has 0 spiro atoms. The van der Waals surface area contributed by atoms with Gasteiger partial charge in [0, 0.05) is 12.6 Å². The molecule has 1 saturated carbocycles. The highest BCUT2D eigenvalue weighted by atomic mass is 16.6. The van der Waals surface area contributed by atoms with Gasteiger partial charge in [0.1, 0.15) is 5.60 Å². The summed E-state index contributed by atoms with van der Waals surface area (Å²) < 4.78 is 5.21. The molecule has 2 atom stereocenters. The predicted molar refractivity (Wildman–Crippen MR) is 70.1 cm³/mol. The van der Waals surface area contributed by atoms with Crippen LogP contribution < -0.4 is 10.8 Å². The molecular weight excluding hydrogens is 232 g/mol. The van der Waals surface area contributed by atoms with Crippen LogP contribution >= 0.6 is 0 Å². The van der Waals surface area contributed by atoms with Crippen LogP contribution in [-0.4, -0.2) is 30.9 Å². The Bertz CT molecular complexity index is 263. The Balaban J connectivity index is 2.27. The number of ether oxygens (including phenoxy) is 1. The molecule has 0 aromatic carbocycles. The van der Waals surface area contributed by atoms with Gasteiger partial charge in [-0.15, -0.1) is 0 Å². The Hall–Kier alpha value is -0.810. The van der Waals surface area contributed by atoms with Gasteiger partial charge in [-0.05, 0) is 46.5 Å². The van der Waals surface area contributed by atoms with Crippen molar-refractivity contribution < 1.29 is 14.4 Å². The third-order valence-corrected chi connectivity index (χ3v) is 2.95. The number of carbonyl (C=O) groups is 1. The summed E-state index contributed by atoms with van der Waals surface area (Å²) in [5.41, 5.74) is 2.62. The fourth-order valence-electron chi connectivity index (χ4n) is 2.16. The maximum atomic E-state index is 11.6. The van der Waals surface area contributed by atoms with E-state index in [0.717, 1.165) is 12.8 Å². The lowest BCUT2D eigenvalue weighted by Gasteiger charge is -2.23. The summed E-state index contributed by atoms with van der Waals surface area (Å²) in [4.78, 5) is 16.8. The molecular formula is C13H26N2O3. The maximum Gasteiger partial charge on any atom is 0.407 e. The summed E-state index contributed by atoms with van der Waals surface area (Å²) in [6, 6.07) is 0.333. The van der Waals surface area contributed by atoms with E-state index >= 15 is 0 Å². The molecule has 18 heavy (non-hydrogen) atoms. The average Bonchev–Trinajstić information content (AvgIpc) is 2.68. The highest BCUT2D eigenvalue weighted by Gasteiger charge is 2.28. The summed E-state index contributed by atoms with van der Waals surface area (Å²) in [5.74, 6) is 0.420. The van der Waals surface area contributed by atoms with Crippen molar-refractivity contribution in [2.24, 2.45) is 5.92 Å². The van der Waals surface area contributed by atoms with E-state index in [1.807, 2.05) is 27.7 Å². The maximum absolute atomic E-state index is 11.6. The molecule has 2 N–H and O–H groups in total. The van der Waals surface area contributed by atoms with Crippen LogP contribution in [0.5, 0.6) is 0 Å². The van der Waals surface area contributed by atoms with Gasteiger partial charge in [-0.1, -0.05) is 6.42 Å². The minimum absolute atomic E-state index is 0.333. The first-order valence-electron chi connectivity index (χ1n) is 6.76. The van der Waals surface area contributed by atoms with E-state index in [1.54, 1.807) is 0 Å². The molecule has 5 heteroatoms. The topological polar surface area (TPSA) is 59.6 Å². The van der Waals surface area contributed by atoms with Crippen LogP contribution in [0.4, 0.5) is 4.79 Å². The number of hydrogen-bond donors (Lipinski definition) is 2. The number of amides is 1. The second-order valence-corrected chi connectivity index (χ2v) is 5.73. The summed E-state index contributed by atoms with van der Waals surface area (Å²) in [6.45, 7) is 8.84. The van der Waals surface area contributed by atoms with Crippen molar-refractivity contribution in [3.05, 3.63) is 0 Å². The Morgan fingerprint density at radius 3 is 2.67 bits per heavy atom. The van der Waals surface area contributed by atoms with Gasteiger partial charge in [0.05, 0.1) is 6.61 Å². The number of carbonyl (C=O) groups excluding carboxylic acids is 1. The lowest BCUT2D eigenvalue weighted by molar-refractivity contribution is 0.0138. The van der Waals surface area contributed by atoms with E-state index in [0.29, 0.717) is 25.1 Å². The van der Waals surface area contributed by atoms with Gasteiger partial charge < -0.3 is 14.9 Å². The van der Waals surface area contributed by atoms with Gasteiger partial charge in [0.15, 0.2) is 0 Å². The van der Waals surface area contributed by atoms with E-state index in [1.165, 1.54) is 6.42 Å². The van der Waals surface area contributed by atoms with Gasteiger partial charge in [-0.2, -0.15) is 5.48 Å². The van der Waals surface area contributed by atoms with Crippen molar-refractivity contribution in [2.45, 2.75) is 58.6 Å². The molecule has 0 aromatic rings. The molecule has 1 fully saturated rings. The first-order valence-corrected chi connectivity index (χ1v) is 6.76. The standard InChI is InChI=1S/C13H26N2O3/c1-5-17-15-11-8-6-7-10(11)9-14-12(16)18-13(2,3)4/h10-11,15H,5-9H2,1-4H3,(H,14,16). The second kappa shape index (κ2) is 6.95. The molecule has 106 valence electrons. The first kappa shape index (κ1) is 15.2. The van der Waals surface area contributed by atoms with Crippen molar-refractivity contribution in [1.82, 2.24) is 10.8 Å². The zero-order valence-corrected chi connectivity index (χ0v) is 11.9. The fraction of sp³-hybridized carbons (Fsp3) is 0.923. The summed E-state index contributed by atoms with van der Waals surface area (Å²) in [6.07, 6.45) is 3.04. The Morgan fingerprint density at radius 2 is 2.06 bits per heavy atom. The van der Waals surface area contributed by atoms with Crippen molar-refractivity contribution in [3.8, 4) is 0 Å². The quantitative estimate of drug-likeness (QED) is 0.742. The van der Waals surface area contributed by atoms with Gasteiger partial charge in [-0.25, -0.2) is 4.79 Å². The van der Waals surface area contributed by atoms with Gasteiger partial charge >= 0.3 is 6.09 Å². The number of alkyl carbamates (subject to hydrolysis) is 1. The minimum Gasteiger partial charge on any atom is -0.444 e. The van der Waals surface area contributed by atoms with Gasteiger partial charge in [0.25, 0.3) is 0 Å². The molecule has 0 radical (unpaired) electrons. The molecule has 0 bridgehead atoms. The normalized spacial score (nSPS) is 24.0. The second-order valence-electron chi connectivity index (χ2n) is 5.73. The number of hydrogen-bond acceptors (Lipinski definition) is 4. The van der Waals surface area contributed by atoms with E-state index in [9.17, 15) is 4.79 Å². The minimum atomic E-state index is -0.442. The van der Waals surface area contributed by atoms with Crippen molar-refractivity contribution >= 4 is 6.09 Å². The van der Waals surface area contributed by atoms with E-state index in [-0.39, 0.29) is 6.09 Å². The SMILES string of the molecule is CCONC1CCCC1CNC(=O)OC(C)(C)C. The van der Waals surface area contributed by atoms with Crippen LogP contribution in [0, 0.1) is 5.92 Å². The lowest BCUT2D eigenvalue weighted by Crippen LogP contribution is -2.41. The zero-order chi connectivity index (χ0) is 13.6. The summed E-state index contributed by atoms with van der Waals surface area (Å²) in [5, 5.41) is 2.83. The zero-order valence-electron chi connectivity index (χ0n) is 11.9. The van der Waals surface area contributed by atoms with Crippen LogP contribution in [0.25, 0.3) is 0 Å². The van der Waals surface area contributed by atoms with Crippen molar-refractivity contribution in [1.29, 1.82) is 0 Å². The van der Waals surface area contributed by atoms with Crippen LogP contribution in [0.1, 0.15) is 47.0 Å². The van der Waals surface area contributed by atoms with Gasteiger partial charge in [-0.3, -0.25) is 0 Å². The number of hydroxylamine groups is 1. The van der Waals surface area contributed by atoms with Crippen LogP contribution in [0.3, 0.4) is 0 Å². The Labute approximate surface area is 110 Å². The molecule has 1 rings (SSSR count). The predicted octanol–water partition coefficient (Wildman–Crippen LogP) is 2.22.